The molecule has 1 amide bonds. The molecule has 0 aromatic heterocycles. The molecule has 1 atom stereocenters. The second-order valence-electron chi connectivity index (χ2n) is 4.12. The fourth-order valence-electron chi connectivity index (χ4n) is 1.54. The molecule has 18 heavy (non-hydrogen) atoms. The normalized spacial score (nSPS) is 12.3. The Hall–Kier alpha value is -1.01. The summed E-state index contributed by atoms with van der Waals surface area (Å²) in [6.07, 6.45) is 0. The Balaban J connectivity index is 2.73. The molecule has 6 heteroatoms. The molecular formula is C12H15BrF2N2O. The summed E-state index contributed by atoms with van der Waals surface area (Å²) in [6.45, 7) is 2.99. The molecule has 0 fully saturated rings. The van der Waals surface area contributed by atoms with Gasteiger partial charge < -0.3 is 10.6 Å². The minimum absolute atomic E-state index is 0.181. The van der Waals surface area contributed by atoms with Gasteiger partial charge in [-0.25, -0.2) is 8.78 Å². The molecule has 0 heterocycles. The number of hydrogen-bond donors (Lipinski definition) is 2. The van der Waals surface area contributed by atoms with E-state index in [1.54, 1.807) is 7.05 Å². The third-order valence-corrected chi connectivity index (χ3v) is 2.86. The number of nitrogens with one attached hydrogen (secondary N) is 2. The Bertz CT molecular complexity index is 417. The highest BCUT2D eigenvalue weighted by atomic mass is 79.9. The predicted octanol–water partition coefficient (Wildman–Crippen LogP) is 2.31. The lowest BCUT2D eigenvalue weighted by molar-refractivity contribution is 0.0939. The van der Waals surface area contributed by atoms with Crippen molar-refractivity contribution >= 4 is 21.8 Å². The summed E-state index contributed by atoms with van der Waals surface area (Å²) >= 11 is 2.96. The molecular weight excluding hydrogens is 306 g/mol. The van der Waals surface area contributed by atoms with Crippen LogP contribution in [0.25, 0.3) is 0 Å². The molecule has 0 saturated carbocycles. The van der Waals surface area contributed by atoms with Gasteiger partial charge in [-0.3, -0.25) is 4.79 Å². The van der Waals surface area contributed by atoms with Gasteiger partial charge in [0.2, 0.25) is 0 Å². The number of carbonyl (C=O) groups excluding carboxylic acids is 1. The first kappa shape index (κ1) is 15.0. The monoisotopic (exact) mass is 320 g/mol. The predicted molar refractivity (Wildman–Crippen MR) is 69.5 cm³/mol. The molecule has 0 saturated heterocycles. The summed E-state index contributed by atoms with van der Waals surface area (Å²) in [5.74, 6) is -2.30. The number of rotatable bonds is 5. The Morgan fingerprint density at radius 1 is 1.33 bits per heavy atom. The van der Waals surface area contributed by atoms with Crippen LogP contribution in [0.15, 0.2) is 16.6 Å². The largest absolute Gasteiger partial charge is 0.352 e. The number of amides is 1. The lowest BCUT2D eigenvalue weighted by Crippen LogP contribution is -2.33. The van der Waals surface area contributed by atoms with E-state index in [9.17, 15) is 13.6 Å². The van der Waals surface area contributed by atoms with Crippen molar-refractivity contribution in [1.82, 2.24) is 10.6 Å². The standard InChI is InChI=1S/C12H15BrF2N2O/c1-7(5-16-2)6-17-12(18)11-9(14)3-8(13)4-10(11)15/h3-4,7,16H,5-6H2,1-2H3,(H,17,18). The third kappa shape index (κ3) is 4.03. The van der Waals surface area contributed by atoms with Crippen LogP contribution in [0.5, 0.6) is 0 Å². The molecule has 3 nitrogen and oxygen atoms in total. The van der Waals surface area contributed by atoms with Crippen molar-refractivity contribution in [2.24, 2.45) is 5.92 Å². The summed E-state index contributed by atoms with van der Waals surface area (Å²) in [5.41, 5.74) is -0.546. The number of carbonyl (C=O) groups is 1. The maximum atomic E-state index is 13.5. The first-order chi connectivity index (χ1) is 8.45. The molecule has 1 unspecified atom stereocenters. The maximum Gasteiger partial charge on any atom is 0.257 e. The van der Waals surface area contributed by atoms with Crippen molar-refractivity contribution in [1.29, 1.82) is 0 Å². The van der Waals surface area contributed by atoms with Crippen LogP contribution < -0.4 is 10.6 Å². The zero-order valence-corrected chi connectivity index (χ0v) is 11.8. The van der Waals surface area contributed by atoms with Crippen molar-refractivity contribution in [3.63, 3.8) is 0 Å². The molecule has 0 aliphatic carbocycles. The van der Waals surface area contributed by atoms with Crippen LogP contribution in [0.4, 0.5) is 8.78 Å². The summed E-state index contributed by atoms with van der Waals surface area (Å²) in [7, 11) is 1.80. The van der Waals surface area contributed by atoms with Crippen molar-refractivity contribution in [3.05, 3.63) is 33.8 Å². The molecule has 0 spiro atoms. The van der Waals surface area contributed by atoms with Crippen LogP contribution in [-0.4, -0.2) is 26.0 Å². The minimum Gasteiger partial charge on any atom is -0.352 e. The molecule has 1 aromatic rings. The van der Waals surface area contributed by atoms with Crippen LogP contribution in [0.2, 0.25) is 0 Å². The fraction of sp³-hybridized carbons (Fsp3) is 0.417. The van der Waals surface area contributed by atoms with E-state index in [4.69, 9.17) is 0 Å². The van der Waals surface area contributed by atoms with Crippen LogP contribution in [0, 0.1) is 17.6 Å². The highest BCUT2D eigenvalue weighted by Crippen LogP contribution is 2.19. The summed E-state index contributed by atoms with van der Waals surface area (Å²) in [6, 6.07) is 2.13. The number of benzene rings is 1. The molecule has 0 bridgehead atoms. The van der Waals surface area contributed by atoms with Crippen molar-refractivity contribution in [3.8, 4) is 0 Å². The van der Waals surface area contributed by atoms with Gasteiger partial charge in [0, 0.05) is 11.0 Å². The molecule has 100 valence electrons. The molecule has 1 aromatic carbocycles. The van der Waals surface area contributed by atoms with E-state index in [0.29, 0.717) is 13.1 Å². The summed E-state index contributed by atoms with van der Waals surface area (Å²) in [5, 5.41) is 5.47. The molecule has 0 aliphatic heterocycles. The van der Waals surface area contributed by atoms with E-state index in [1.165, 1.54) is 0 Å². The van der Waals surface area contributed by atoms with Gasteiger partial charge in [0.25, 0.3) is 5.91 Å². The first-order valence-electron chi connectivity index (χ1n) is 5.53. The maximum absolute atomic E-state index is 13.5. The van der Waals surface area contributed by atoms with E-state index >= 15 is 0 Å². The van der Waals surface area contributed by atoms with Gasteiger partial charge in [-0.05, 0) is 31.6 Å². The summed E-state index contributed by atoms with van der Waals surface area (Å²) < 4.78 is 27.2. The second-order valence-corrected chi connectivity index (χ2v) is 5.03. The van der Waals surface area contributed by atoms with E-state index in [0.717, 1.165) is 12.1 Å². The van der Waals surface area contributed by atoms with Gasteiger partial charge in [-0.2, -0.15) is 0 Å². The van der Waals surface area contributed by atoms with Gasteiger partial charge in [0.05, 0.1) is 0 Å². The van der Waals surface area contributed by atoms with Crippen LogP contribution in [0.1, 0.15) is 17.3 Å². The average molecular weight is 321 g/mol. The zero-order chi connectivity index (χ0) is 13.7. The zero-order valence-electron chi connectivity index (χ0n) is 10.2. The summed E-state index contributed by atoms with van der Waals surface area (Å²) in [4.78, 5) is 11.7. The van der Waals surface area contributed by atoms with E-state index < -0.39 is 23.1 Å². The smallest absolute Gasteiger partial charge is 0.257 e. The molecule has 2 N–H and O–H groups in total. The van der Waals surface area contributed by atoms with Gasteiger partial charge in [-0.15, -0.1) is 0 Å². The average Bonchev–Trinajstić information content (AvgIpc) is 2.25. The quantitative estimate of drug-likeness (QED) is 0.874. The Kier molecular flexibility index (Phi) is 5.68. The Morgan fingerprint density at radius 3 is 2.39 bits per heavy atom. The van der Waals surface area contributed by atoms with E-state index in [2.05, 4.69) is 26.6 Å². The van der Waals surface area contributed by atoms with Gasteiger partial charge in [-0.1, -0.05) is 22.9 Å². The highest BCUT2D eigenvalue weighted by molar-refractivity contribution is 9.10. The van der Waals surface area contributed by atoms with Crippen LogP contribution in [0.3, 0.4) is 0 Å². The van der Waals surface area contributed by atoms with Crippen LogP contribution in [-0.2, 0) is 0 Å². The Labute approximate surface area is 113 Å². The van der Waals surface area contributed by atoms with Crippen molar-refractivity contribution in [2.75, 3.05) is 20.1 Å². The SMILES string of the molecule is CNCC(C)CNC(=O)c1c(F)cc(Br)cc1F. The van der Waals surface area contributed by atoms with Gasteiger partial charge in [0.1, 0.15) is 17.2 Å². The van der Waals surface area contributed by atoms with E-state index in [1.807, 2.05) is 6.92 Å². The van der Waals surface area contributed by atoms with Gasteiger partial charge >= 0.3 is 0 Å². The van der Waals surface area contributed by atoms with Gasteiger partial charge in [0.15, 0.2) is 0 Å². The highest BCUT2D eigenvalue weighted by Gasteiger charge is 2.18. The molecule has 0 aliphatic rings. The molecule has 0 radical (unpaired) electrons. The topological polar surface area (TPSA) is 41.1 Å². The lowest BCUT2D eigenvalue weighted by Gasteiger charge is -2.12. The Morgan fingerprint density at radius 2 is 1.89 bits per heavy atom. The van der Waals surface area contributed by atoms with E-state index in [-0.39, 0.29) is 10.4 Å². The fourth-order valence-corrected chi connectivity index (χ4v) is 1.94. The minimum atomic E-state index is -0.874. The second kappa shape index (κ2) is 6.80. The molecule has 1 rings (SSSR count). The van der Waals surface area contributed by atoms with Crippen molar-refractivity contribution in [2.45, 2.75) is 6.92 Å². The third-order valence-electron chi connectivity index (χ3n) is 2.40. The van der Waals surface area contributed by atoms with Crippen molar-refractivity contribution < 1.29 is 13.6 Å². The van der Waals surface area contributed by atoms with Crippen LogP contribution >= 0.6 is 15.9 Å². The number of hydrogen-bond acceptors (Lipinski definition) is 2. The number of halogens is 3. The lowest BCUT2D eigenvalue weighted by atomic mass is 10.1. The first-order valence-corrected chi connectivity index (χ1v) is 6.32.